The summed E-state index contributed by atoms with van der Waals surface area (Å²) < 4.78 is 4.79. The Morgan fingerprint density at radius 2 is 2.21 bits per heavy atom. The Bertz CT molecular complexity index is 615. The van der Waals surface area contributed by atoms with Crippen LogP contribution in [0, 0.1) is 0 Å². The fourth-order valence-corrected chi connectivity index (χ4v) is 4.51. The number of thioether (sulfide) groups is 1. The topological polar surface area (TPSA) is 59.8 Å². The molecular weight excluding hydrogens is 371 g/mol. The molecule has 0 aliphatic carbocycles. The molecule has 0 bridgehead atoms. The Hall–Kier alpha value is -0.950. The van der Waals surface area contributed by atoms with Crippen molar-refractivity contribution in [1.29, 1.82) is 0 Å². The monoisotopic (exact) mass is 391 g/mol. The predicted octanol–water partition coefficient (Wildman–Crippen LogP) is 1.34. The summed E-state index contributed by atoms with van der Waals surface area (Å²) in [7, 11) is 1.39. The number of halogens is 2. The molecule has 0 spiro atoms. The van der Waals surface area contributed by atoms with E-state index in [9.17, 15) is 9.59 Å². The standard InChI is InChI=1S/C16H20Cl2N2O3S/c1-10(12-4-3-11(17)7-13(12)18)19-15(21)9-20-5-6-24-14(8-20)16(22)23-2/h3-4,7,10,14H,5-6,8-9H2,1-2H3,(H,19,21)/p+1/t10-,14+/m1/s1. The Morgan fingerprint density at radius 1 is 1.46 bits per heavy atom. The molecule has 0 aromatic heterocycles. The van der Waals surface area contributed by atoms with Gasteiger partial charge in [-0.2, -0.15) is 0 Å². The van der Waals surface area contributed by atoms with Crippen molar-refractivity contribution in [2.75, 3.05) is 32.5 Å². The third-order valence-electron chi connectivity index (χ3n) is 3.93. The minimum Gasteiger partial charge on any atom is -0.468 e. The summed E-state index contributed by atoms with van der Waals surface area (Å²) in [5.41, 5.74) is 0.825. The number of carbonyl (C=O) groups excluding carboxylic acids is 2. The van der Waals surface area contributed by atoms with Crippen molar-refractivity contribution < 1.29 is 19.2 Å². The van der Waals surface area contributed by atoms with Crippen molar-refractivity contribution in [2.45, 2.75) is 18.2 Å². The molecule has 1 heterocycles. The third kappa shape index (κ3) is 5.28. The fraction of sp³-hybridized carbons (Fsp3) is 0.500. The van der Waals surface area contributed by atoms with Crippen molar-refractivity contribution in [1.82, 2.24) is 5.32 Å². The Labute approximate surface area is 156 Å². The maximum Gasteiger partial charge on any atom is 0.324 e. The van der Waals surface area contributed by atoms with E-state index in [-0.39, 0.29) is 23.2 Å². The number of esters is 1. The minimum absolute atomic E-state index is 0.0703. The number of hydrogen-bond donors (Lipinski definition) is 2. The lowest BCUT2D eigenvalue weighted by Gasteiger charge is -2.28. The van der Waals surface area contributed by atoms with Crippen LogP contribution in [-0.2, 0) is 14.3 Å². The summed E-state index contributed by atoms with van der Waals surface area (Å²) in [6.07, 6.45) is 0. The maximum atomic E-state index is 12.3. The van der Waals surface area contributed by atoms with E-state index in [0.717, 1.165) is 22.8 Å². The van der Waals surface area contributed by atoms with Gasteiger partial charge in [-0.3, -0.25) is 9.59 Å². The van der Waals surface area contributed by atoms with Crippen molar-refractivity contribution in [3.8, 4) is 0 Å². The summed E-state index contributed by atoms with van der Waals surface area (Å²) in [5, 5.41) is 3.84. The smallest absolute Gasteiger partial charge is 0.324 e. The van der Waals surface area contributed by atoms with Crippen LogP contribution >= 0.6 is 35.0 Å². The Kier molecular flexibility index (Phi) is 7.22. The first-order chi connectivity index (χ1) is 11.4. The molecule has 1 aromatic carbocycles. The molecule has 8 heteroatoms. The van der Waals surface area contributed by atoms with E-state index in [1.807, 2.05) is 13.0 Å². The number of methoxy groups -OCH3 is 1. The molecule has 24 heavy (non-hydrogen) atoms. The largest absolute Gasteiger partial charge is 0.468 e. The number of carbonyl (C=O) groups is 2. The molecule has 0 saturated carbocycles. The van der Waals surface area contributed by atoms with E-state index >= 15 is 0 Å². The van der Waals surface area contributed by atoms with Crippen molar-refractivity contribution in [2.24, 2.45) is 0 Å². The minimum atomic E-state index is -0.223. The van der Waals surface area contributed by atoms with Crippen LogP contribution in [0.2, 0.25) is 10.0 Å². The highest BCUT2D eigenvalue weighted by atomic mass is 35.5. The number of ether oxygens (including phenoxy) is 1. The van der Waals surface area contributed by atoms with Crippen molar-refractivity contribution >= 4 is 46.8 Å². The Morgan fingerprint density at radius 3 is 2.88 bits per heavy atom. The highest BCUT2D eigenvalue weighted by Crippen LogP contribution is 2.25. The van der Waals surface area contributed by atoms with Gasteiger partial charge in [0.25, 0.3) is 5.91 Å². The normalized spacial score (nSPS) is 21.8. The van der Waals surface area contributed by atoms with Gasteiger partial charge in [0, 0.05) is 15.8 Å². The van der Waals surface area contributed by atoms with E-state index in [4.69, 9.17) is 27.9 Å². The zero-order valence-electron chi connectivity index (χ0n) is 13.6. The number of quaternary nitrogens is 1. The fourth-order valence-electron chi connectivity index (χ4n) is 2.66. The molecule has 1 saturated heterocycles. The zero-order chi connectivity index (χ0) is 17.7. The summed E-state index contributed by atoms with van der Waals surface area (Å²) in [4.78, 5) is 25.0. The van der Waals surface area contributed by atoms with Gasteiger partial charge in [0.05, 0.1) is 19.7 Å². The first-order valence-corrected chi connectivity index (χ1v) is 9.48. The van der Waals surface area contributed by atoms with Crippen LogP contribution in [0.4, 0.5) is 0 Å². The van der Waals surface area contributed by atoms with Crippen LogP contribution in [0.15, 0.2) is 18.2 Å². The van der Waals surface area contributed by atoms with E-state index in [1.54, 1.807) is 23.9 Å². The van der Waals surface area contributed by atoms with Gasteiger partial charge in [0.1, 0.15) is 6.54 Å². The van der Waals surface area contributed by atoms with E-state index in [2.05, 4.69) is 5.32 Å². The molecule has 2 N–H and O–H groups in total. The molecule has 1 unspecified atom stereocenters. The van der Waals surface area contributed by atoms with Crippen LogP contribution in [0.25, 0.3) is 0 Å². The quantitative estimate of drug-likeness (QED) is 0.743. The van der Waals surface area contributed by atoms with Gasteiger partial charge in [-0.15, -0.1) is 11.8 Å². The van der Waals surface area contributed by atoms with Crippen LogP contribution in [0.3, 0.4) is 0 Å². The van der Waals surface area contributed by atoms with E-state index in [1.165, 1.54) is 7.11 Å². The van der Waals surface area contributed by atoms with Gasteiger partial charge in [-0.1, -0.05) is 29.3 Å². The van der Waals surface area contributed by atoms with Gasteiger partial charge in [-0.05, 0) is 24.6 Å². The van der Waals surface area contributed by atoms with E-state index in [0.29, 0.717) is 23.1 Å². The lowest BCUT2D eigenvalue weighted by molar-refractivity contribution is -0.889. The first-order valence-electron chi connectivity index (χ1n) is 7.68. The van der Waals surface area contributed by atoms with Crippen molar-refractivity contribution in [3.63, 3.8) is 0 Å². The van der Waals surface area contributed by atoms with Gasteiger partial charge in [0.15, 0.2) is 11.8 Å². The number of benzene rings is 1. The summed E-state index contributed by atoms with van der Waals surface area (Å²) >= 11 is 13.7. The molecule has 1 aromatic rings. The second-order valence-electron chi connectivity index (χ2n) is 5.72. The van der Waals surface area contributed by atoms with Crippen molar-refractivity contribution in [3.05, 3.63) is 33.8 Å². The highest BCUT2D eigenvalue weighted by molar-refractivity contribution is 8.00. The third-order valence-corrected chi connectivity index (χ3v) is 5.69. The summed E-state index contributed by atoms with van der Waals surface area (Å²) in [6.45, 7) is 3.65. The molecule has 2 rings (SSSR count). The van der Waals surface area contributed by atoms with Gasteiger partial charge in [-0.25, -0.2) is 0 Å². The number of hydrogen-bond acceptors (Lipinski definition) is 4. The zero-order valence-corrected chi connectivity index (χ0v) is 15.9. The SMILES string of the molecule is COC(=O)[C@@H]1C[NH+](CC(=O)N[C@H](C)c2ccc(Cl)cc2Cl)CCS1. The van der Waals surface area contributed by atoms with Gasteiger partial charge >= 0.3 is 5.97 Å². The van der Waals surface area contributed by atoms with Gasteiger partial charge < -0.3 is 15.0 Å². The summed E-state index contributed by atoms with van der Waals surface area (Å²) in [5.74, 6) is 0.541. The summed E-state index contributed by atoms with van der Waals surface area (Å²) in [6, 6.07) is 5.01. The number of nitrogens with one attached hydrogen (secondary N) is 2. The molecule has 132 valence electrons. The highest BCUT2D eigenvalue weighted by Gasteiger charge is 2.31. The molecular formula is C16H21Cl2N2O3S+. The van der Waals surface area contributed by atoms with Crippen LogP contribution in [0.1, 0.15) is 18.5 Å². The lowest BCUT2D eigenvalue weighted by Crippen LogP contribution is -3.15. The average molecular weight is 392 g/mol. The van der Waals surface area contributed by atoms with Crippen LogP contribution in [-0.4, -0.2) is 49.6 Å². The molecule has 5 nitrogen and oxygen atoms in total. The molecule has 0 radical (unpaired) electrons. The molecule has 1 fully saturated rings. The second-order valence-corrected chi connectivity index (χ2v) is 7.87. The van der Waals surface area contributed by atoms with Crippen LogP contribution in [0.5, 0.6) is 0 Å². The average Bonchev–Trinajstić information content (AvgIpc) is 2.53. The molecule has 3 atom stereocenters. The molecule has 1 amide bonds. The number of rotatable bonds is 5. The maximum absolute atomic E-state index is 12.3. The predicted molar refractivity (Wildman–Crippen MR) is 96.8 cm³/mol. The Balaban J connectivity index is 1.89. The van der Waals surface area contributed by atoms with Crippen LogP contribution < -0.4 is 10.2 Å². The van der Waals surface area contributed by atoms with E-state index < -0.39 is 0 Å². The second kappa shape index (κ2) is 8.94. The lowest BCUT2D eigenvalue weighted by atomic mass is 10.1. The first kappa shape index (κ1) is 19.4. The van der Waals surface area contributed by atoms with Gasteiger partial charge in [0.2, 0.25) is 0 Å². The molecule has 1 aliphatic heterocycles. The molecule has 1 aliphatic rings. The number of amides is 1.